The van der Waals surface area contributed by atoms with E-state index in [2.05, 4.69) is 46.0 Å². The van der Waals surface area contributed by atoms with E-state index in [1.807, 2.05) is 20.0 Å². The van der Waals surface area contributed by atoms with Crippen molar-refractivity contribution in [1.29, 1.82) is 0 Å². The van der Waals surface area contributed by atoms with Gasteiger partial charge in [0.2, 0.25) is 0 Å². The number of benzene rings is 1. The van der Waals surface area contributed by atoms with Gasteiger partial charge in [-0.25, -0.2) is 0 Å². The van der Waals surface area contributed by atoms with E-state index in [4.69, 9.17) is 14.5 Å². The number of carbonyl (C=O) groups excluding carboxylic acids is 1. The van der Waals surface area contributed by atoms with Crippen molar-refractivity contribution in [2.45, 2.75) is 116 Å². The number of hydrogen-bond donors (Lipinski definition) is 0. The summed E-state index contributed by atoms with van der Waals surface area (Å²) in [5.74, 6) is 1.83. The van der Waals surface area contributed by atoms with Gasteiger partial charge < -0.3 is 9.47 Å². The van der Waals surface area contributed by atoms with Gasteiger partial charge in [0, 0.05) is 30.2 Å². The molecule has 2 saturated heterocycles. The van der Waals surface area contributed by atoms with Gasteiger partial charge >= 0.3 is 5.97 Å². The van der Waals surface area contributed by atoms with Gasteiger partial charge in [0.1, 0.15) is 5.75 Å². The first-order valence-corrected chi connectivity index (χ1v) is 14.9. The van der Waals surface area contributed by atoms with Crippen molar-refractivity contribution in [2.75, 3.05) is 0 Å². The number of hydrogen-bond acceptors (Lipinski definition) is 5. The molecule has 3 fully saturated rings. The summed E-state index contributed by atoms with van der Waals surface area (Å²) in [6.07, 6.45) is 13.8. The fourth-order valence-corrected chi connectivity index (χ4v) is 7.23. The van der Waals surface area contributed by atoms with Gasteiger partial charge in [-0.1, -0.05) is 25.8 Å². The first kappa shape index (κ1) is 26.0. The van der Waals surface area contributed by atoms with Crippen molar-refractivity contribution in [3.8, 4) is 5.75 Å². The average molecular weight is 558 g/mol. The summed E-state index contributed by atoms with van der Waals surface area (Å²) >= 11 is 3.81. The van der Waals surface area contributed by atoms with E-state index >= 15 is 0 Å². The molecule has 5 nitrogen and oxygen atoms in total. The van der Waals surface area contributed by atoms with E-state index < -0.39 is 0 Å². The molecule has 3 aliphatic rings. The minimum absolute atomic E-state index is 0.00772. The minimum atomic E-state index is -0.0431. The molecule has 0 radical (unpaired) electrons. The number of esters is 1. The van der Waals surface area contributed by atoms with Crippen LogP contribution in [0.25, 0.3) is 10.8 Å². The standard InChI is InChI=1S/C30H41BrN2O3/c1-4-20-8-11-26(12-9-20)36-28-13-10-21-14-23(32-17-27(21)29(28)31)18-33-24-6-5-7-25(33)16-22(15-24)30(34)35-19(2)3/h10,13-14,17,19-20,22,24-26H,4-9,11-12,15-16,18H2,1-3H3/t20-,22?,24?,25?,26+. The Labute approximate surface area is 224 Å². The Morgan fingerprint density at radius 1 is 1.11 bits per heavy atom. The molecule has 5 rings (SSSR count). The minimum Gasteiger partial charge on any atom is -0.489 e. The summed E-state index contributed by atoms with van der Waals surface area (Å²) in [5.41, 5.74) is 1.10. The Bertz CT molecular complexity index is 1050. The summed E-state index contributed by atoms with van der Waals surface area (Å²) < 4.78 is 13.0. The normalized spacial score (nSPS) is 28.9. The Morgan fingerprint density at radius 3 is 2.50 bits per heavy atom. The molecule has 6 heteroatoms. The Morgan fingerprint density at radius 2 is 1.83 bits per heavy atom. The van der Waals surface area contributed by atoms with Gasteiger partial charge in [0.05, 0.1) is 28.3 Å². The van der Waals surface area contributed by atoms with Crippen LogP contribution in [0.3, 0.4) is 0 Å². The smallest absolute Gasteiger partial charge is 0.309 e. The van der Waals surface area contributed by atoms with E-state index in [1.165, 1.54) is 31.1 Å². The van der Waals surface area contributed by atoms with Crippen LogP contribution >= 0.6 is 15.9 Å². The van der Waals surface area contributed by atoms with Crippen LogP contribution in [-0.2, 0) is 16.1 Å². The van der Waals surface area contributed by atoms with E-state index in [0.29, 0.717) is 18.2 Å². The molecule has 1 aromatic heterocycles. The zero-order valence-corrected chi connectivity index (χ0v) is 23.6. The van der Waals surface area contributed by atoms with Crippen LogP contribution in [0.15, 0.2) is 28.9 Å². The monoisotopic (exact) mass is 556 g/mol. The molecule has 2 unspecified atom stereocenters. The largest absolute Gasteiger partial charge is 0.489 e. The average Bonchev–Trinajstić information content (AvgIpc) is 2.85. The maximum atomic E-state index is 12.6. The molecule has 36 heavy (non-hydrogen) atoms. The van der Waals surface area contributed by atoms with Crippen molar-refractivity contribution in [2.24, 2.45) is 11.8 Å². The van der Waals surface area contributed by atoms with Crippen molar-refractivity contribution in [3.63, 3.8) is 0 Å². The molecule has 1 aliphatic carbocycles. The molecule has 1 saturated carbocycles. The molecule has 0 N–H and O–H groups in total. The molecule has 2 aromatic rings. The highest BCUT2D eigenvalue weighted by Crippen LogP contribution is 2.40. The molecular formula is C30H41BrN2O3. The third-order valence-corrected chi connectivity index (χ3v) is 9.50. The Hall–Kier alpha value is -1.66. The van der Waals surface area contributed by atoms with Crippen molar-refractivity contribution in [1.82, 2.24) is 9.88 Å². The third kappa shape index (κ3) is 5.75. The summed E-state index contributed by atoms with van der Waals surface area (Å²) in [4.78, 5) is 20.1. The number of rotatable bonds is 7. The maximum Gasteiger partial charge on any atom is 0.309 e. The zero-order chi connectivity index (χ0) is 25.2. The lowest BCUT2D eigenvalue weighted by atomic mass is 9.78. The van der Waals surface area contributed by atoms with Gasteiger partial charge in [-0.3, -0.25) is 14.7 Å². The SMILES string of the molecule is CC[C@H]1CC[C@@H](Oc2ccc3cc(CN4C5CCCC4CC(C(=O)OC(C)C)C5)ncc3c2Br)CC1. The van der Waals surface area contributed by atoms with Crippen molar-refractivity contribution in [3.05, 3.63) is 34.6 Å². The van der Waals surface area contributed by atoms with Gasteiger partial charge in [-0.2, -0.15) is 0 Å². The summed E-state index contributed by atoms with van der Waals surface area (Å²) in [6.45, 7) is 7.01. The number of piperidine rings is 2. The zero-order valence-electron chi connectivity index (χ0n) is 22.0. The second-order valence-electron chi connectivity index (χ2n) is 11.5. The fourth-order valence-electron chi connectivity index (χ4n) is 6.67. The number of aromatic nitrogens is 1. The molecular weight excluding hydrogens is 516 g/mol. The second kappa shape index (κ2) is 11.4. The van der Waals surface area contributed by atoms with E-state index in [-0.39, 0.29) is 18.0 Å². The predicted octanol–water partition coefficient (Wildman–Crippen LogP) is 7.43. The third-order valence-electron chi connectivity index (χ3n) is 8.68. The lowest BCUT2D eigenvalue weighted by Gasteiger charge is -2.48. The number of ether oxygens (including phenoxy) is 2. The number of nitrogens with zero attached hydrogens (tertiary/aromatic N) is 2. The number of pyridine rings is 1. The van der Waals surface area contributed by atoms with Crippen LogP contribution in [0.2, 0.25) is 0 Å². The molecule has 2 aliphatic heterocycles. The maximum absolute atomic E-state index is 12.6. The van der Waals surface area contributed by atoms with E-state index in [1.54, 1.807) is 0 Å². The molecule has 2 bridgehead atoms. The number of fused-ring (bicyclic) bond motifs is 3. The molecule has 3 heterocycles. The molecule has 0 spiro atoms. The summed E-state index contributed by atoms with van der Waals surface area (Å²) in [6, 6.07) is 7.39. The van der Waals surface area contributed by atoms with Gasteiger partial charge in [0.15, 0.2) is 0 Å². The summed E-state index contributed by atoms with van der Waals surface area (Å²) in [5, 5.41) is 2.29. The first-order chi connectivity index (χ1) is 17.4. The van der Waals surface area contributed by atoms with Gasteiger partial charge in [0.25, 0.3) is 0 Å². The predicted molar refractivity (Wildman–Crippen MR) is 147 cm³/mol. The van der Waals surface area contributed by atoms with Crippen molar-refractivity contribution < 1.29 is 14.3 Å². The molecule has 196 valence electrons. The lowest BCUT2D eigenvalue weighted by molar-refractivity contribution is -0.157. The van der Waals surface area contributed by atoms with E-state index in [0.717, 1.165) is 72.3 Å². The molecule has 0 amide bonds. The van der Waals surface area contributed by atoms with Gasteiger partial charge in [-0.05, 0) is 105 Å². The van der Waals surface area contributed by atoms with Crippen molar-refractivity contribution >= 4 is 32.7 Å². The van der Waals surface area contributed by atoms with Crippen LogP contribution in [0.5, 0.6) is 5.75 Å². The molecule has 2 atom stereocenters. The fraction of sp³-hybridized carbons (Fsp3) is 0.667. The second-order valence-corrected chi connectivity index (χ2v) is 12.3. The highest BCUT2D eigenvalue weighted by molar-refractivity contribution is 9.10. The topological polar surface area (TPSA) is 51.7 Å². The quantitative estimate of drug-likeness (QED) is 0.332. The first-order valence-electron chi connectivity index (χ1n) is 14.1. The van der Waals surface area contributed by atoms with Crippen LogP contribution in [-0.4, -0.2) is 40.1 Å². The highest BCUT2D eigenvalue weighted by Gasteiger charge is 2.41. The highest BCUT2D eigenvalue weighted by atomic mass is 79.9. The van der Waals surface area contributed by atoms with Crippen LogP contribution in [0, 0.1) is 11.8 Å². The van der Waals surface area contributed by atoms with Crippen LogP contribution in [0.4, 0.5) is 0 Å². The van der Waals surface area contributed by atoms with Crippen LogP contribution < -0.4 is 4.74 Å². The Balaban J connectivity index is 1.26. The Kier molecular flexibility index (Phi) is 8.21. The lowest BCUT2D eigenvalue weighted by Crippen LogP contribution is -2.53. The van der Waals surface area contributed by atoms with Gasteiger partial charge in [-0.15, -0.1) is 0 Å². The van der Waals surface area contributed by atoms with E-state index in [9.17, 15) is 4.79 Å². The number of carbonyl (C=O) groups is 1. The molecule has 1 aromatic carbocycles. The number of halogens is 1. The van der Waals surface area contributed by atoms with Crippen LogP contribution in [0.1, 0.15) is 90.7 Å². The summed E-state index contributed by atoms with van der Waals surface area (Å²) in [7, 11) is 0.